The van der Waals surface area contributed by atoms with Crippen molar-refractivity contribution in [1.29, 1.82) is 0 Å². The Hall–Kier alpha value is -2.10. The van der Waals surface area contributed by atoms with Gasteiger partial charge in [0.15, 0.2) is 0 Å². The molecule has 25 heavy (non-hydrogen) atoms. The van der Waals surface area contributed by atoms with Crippen LogP contribution in [-0.4, -0.2) is 49.2 Å². The normalized spacial score (nSPS) is 13.8. The quantitative estimate of drug-likeness (QED) is 0.390. The second kappa shape index (κ2) is 7.03. The minimum Gasteiger partial charge on any atom is -0.411 e. The van der Waals surface area contributed by atoms with Gasteiger partial charge < -0.3 is 14.2 Å². The highest BCUT2D eigenvalue weighted by Gasteiger charge is 2.62. The smallest absolute Gasteiger partial charge is 0.411 e. The van der Waals surface area contributed by atoms with Gasteiger partial charge in [-0.25, -0.2) is 9.59 Å². The van der Waals surface area contributed by atoms with Crippen LogP contribution in [0.4, 0.5) is 62.3 Å². The Labute approximate surface area is 127 Å². The highest BCUT2D eigenvalue weighted by atomic mass is 19.4. The van der Waals surface area contributed by atoms with E-state index in [4.69, 9.17) is 0 Å². The monoisotopic (exact) mass is 406 g/mol. The molecule has 0 aliphatic carbocycles. The predicted octanol–water partition coefficient (Wildman–Crippen LogP) is 4.26. The summed E-state index contributed by atoms with van der Waals surface area (Å²) in [6.07, 6.45) is -41.2. The number of alkyl halides is 12. The van der Waals surface area contributed by atoms with Gasteiger partial charge in [0.1, 0.15) is 0 Å². The molecule has 0 radical (unpaired) electrons. The van der Waals surface area contributed by atoms with Gasteiger partial charge in [0.05, 0.1) is 0 Å². The van der Waals surface area contributed by atoms with Crippen molar-refractivity contribution in [3.8, 4) is 0 Å². The van der Waals surface area contributed by atoms with Crippen molar-refractivity contribution in [1.82, 2.24) is 0 Å². The maximum atomic E-state index is 12.0. The van der Waals surface area contributed by atoms with E-state index < -0.39 is 49.2 Å². The SMILES string of the molecule is O=C(OC(=O)OC(C(F)(F)F)C(F)(F)F)OC(C(F)(F)F)C(F)(F)F. The summed E-state index contributed by atoms with van der Waals surface area (Å²) in [7, 11) is 0. The van der Waals surface area contributed by atoms with E-state index in [9.17, 15) is 62.3 Å². The average Bonchev–Trinajstić information content (AvgIpc) is 2.27. The molecule has 0 saturated carbocycles. The number of carbonyl (C=O) groups is 2. The van der Waals surface area contributed by atoms with E-state index in [0.717, 1.165) is 0 Å². The number of ether oxygens (including phenoxy) is 3. The zero-order chi connectivity index (χ0) is 20.4. The van der Waals surface area contributed by atoms with E-state index in [-0.39, 0.29) is 0 Å². The molecular weight excluding hydrogens is 404 g/mol. The maximum Gasteiger partial charge on any atom is 0.519 e. The first-order valence-corrected chi connectivity index (χ1v) is 5.12. The molecule has 5 nitrogen and oxygen atoms in total. The summed E-state index contributed by atoms with van der Waals surface area (Å²) in [5.41, 5.74) is 0. The Morgan fingerprint density at radius 1 is 0.520 bits per heavy atom. The summed E-state index contributed by atoms with van der Waals surface area (Å²) < 4.78 is 152. The van der Waals surface area contributed by atoms with Gasteiger partial charge in [-0.15, -0.1) is 0 Å². The van der Waals surface area contributed by atoms with Crippen LogP contribution in [0.25, 0.3) is 0 Å². The molecule has 0 aromatic heterocycles. The lowest BCUT2D eigenvalue weighted by Gasteiger charge is -2.23. The molecule has 0 aliphatic heterocycles. The largest absolute Gasteiger partial charge is 0.519 e. The van der Waals surface area contributed by atoms with Gasteiger partial charge >= 0.3 is 37.0 Å². The Kier molecular flexibility index (Phi) is 6.44. The van der Waals surface area contributed by atoms with Crippen LogP contribution >= 0.6 is 0 Å². The number of halogens is 12. The van der Waals surface area contributed by atoms with Crippen molar-refractivity contribution in [3.05, 3.63) is 0 Å². The molecule has 0 N–H and O–H groups in total. The van der Waals surface area contributed by atoms with Gasteiger partial charge in [-0.05, 0) is 0 Å². The molecule has 0 atom stereocenters. The molecule has 0 fully saturated rings. The third kappa shape index (κ3) is 7.55. The van der Waals surface area contributed by atoms with Gasteiger partial charge in [0, 0.05) is 0 Å². The van der Waals surface area contributed by atoms with Crippen molar-refractivity contribution < 1.29 is 76.5 Å². The second-order valence-corrected chi connectivity index (χ2v) is 3.76. The van der Waals surface area contributed by atoms with Gasteiger partial charge in [0.25, 0.3) is 12.2 Å². The van der Waals surface area contributed by atoms with Crippen LogP contribution in [0.1, 0.15) is 0 Å². The number of rotatable bonds is 2. The summed E-state index contributed by atoms with van der Waals surface area (Å²) >= 11 is 0. The highest BCUT2D eigenvalue weighted by Crippen LogP contribution is 2.37. The van der Waals surface area contributed by atoms with Crippen LogP contribution in [0.15, 0.2) is 0 Å². The van der Waals surface area contributed by atoms with Crippen LogP contribution in [0.5, 0.6) is 0 Å². The first-order chi connectivity index (χ1) is 10.8. The van der Waals surface area contributed by atoms with E-state index >= 15 is 0 Å². The van der Waals surface area contributed by atoms with E-state index in [0.29, 0.717) is 0 Å². The van der Waals surface area contributed by atoms with Gasteiger partial charge in [0.2, 0.25) is 0 Å². The zero-order valence-corrected chi connectivity index (χ0v) is 10.7. The summed E-state index contributed by atoms with van der Waals surface area (Å²) in [4.78, 5) is 21.1. The Morgan fingerprint density at radius 2 is 0.720 bits per heavy atom. The third-order valence-electron chi connectivity index (χ3n) is 1.78. The van der Waals surface area contributed by atoms with Crippen LogP contribution in [-0.2, 0) is 14.2 Å². The fraction of sp³-hybridized carbons (Fsp3) is 0.750. The molecule has 0 aliphatic rings. The average molecular weight is 406 g/mol. The number of hydrogen-bond donors (Lipinski definition) is 0. The molecule has 0 bridgehead atoms. The molecule has 0 unspecified atom stereocenters. The minimum absolute atomic E-state index is 2.63. The summed E-state index contributed by atoms with van der Waals surface area (Å²) in [6, 6.07) is 0. The lowest BCUT2D eigenvalue weighted by molar-refractivity contribution is -0.314. The fourth-order valence-corrected chi connectivity index (χ4v) is 0.947. The van der Waals surface area contributed by atoms with Crippen LogP contribution in [0.3, 0.4) is 0 Å². The molecule has 148 valence electrons. The molecular formula is C8H2F12O5. The van der Waals surface area contributed by atoms with Crippen molar-refractivity contribution in [2.24, 2.45) is 0 Å². The summed E-state index contributed by atoms with van der Waals surface area (Å²) in [5.74, 6) is 0. The molecule has 0 saturated heterocycles. The number of carbonyl (C=O) groups excluding carboxylic acids is 2. The van der Waals surface area contributed by atoms with Gasteiger partial charge in [-0.2, -0.15) is 52.7 Å². The Morgan fingerprint density at radius 3 is 0.880 bits per heavy atom. The second-order valence-electron chi connectivity index (χ2n) is 3.76. The maximum absolute atomic E-state index is 12.0. The van der Waals surface area contributed by atoms with Crippen LogP contribution < -0.4 is 0 Å². The van der Waals surface area contributed by atoms with Crippen molar-refractivity contribution in [2.45, 2.75) is 36.9 Å². The van der Waals surface area contributed by atoms with E-state index in [1.165, 1.54) is 0 Å². The molecule has 0 rings (SSSR count). The summed E-state index contributed by atoms with van der Waals surface area (Å²) in [6.45, 7) is 0. The lowest BCUT2D eigenvalue weighted by atomic mass is 10.3. The molecule has 0 aromatic carbocycles. The first-order valence-electron chi connectivity index (χ1n) is 5.12. The van der Waals surface area contributed by atoms with Crippen molar-refractivity contribution >= 4 is 12.3 Å². The van der Waals surface area contributed by atoms with Gasteiger partial charge in [-0.3, -0.25) is 0 Å². The molecule has 0 heterocycles. The van der Waals surface area contributed by atoms with E-state index in [2.05, 4.69) is 14.2 Å². The predicted molar refractivity (Wildman–Crippen MR) is 45.8 cm³/mol. The zero-order valence-electron chi connectivity index (χ0n) is 10.7. The summed E-state index contributed by atoms with van der Waals surface area (Å²) in [5, 5.41) is 0. The Bertz CT molecular complexity index is 414. The van der Waals surface area contributed by atoms with Crippen molar-refractivity contribution in [3.63, 3.8) is 0 Å². The standard InChI is InChI=1S/C8H2F12O5/c9-5(10,11)1(6(12,13)14)23-3(21)25-4(22)24-2(7(15,16)17)8(18,19)20/h1-2H. The van der Waals surface area contributed by atoms with Gasteiger partial charge in [-0.1, -0.05) is 0 Å². The van der Waals surface area contributed by atoms with Crippen LogP contribution in [0.2, 0.25) is 0 Å². The first kappa shape index (κ1) is 22.9. The fourth-order valence-electron chi connectivity index (χ4n) is 0.947. The molecule has 0 spiro atoms. The van der Waals surface area contributed by atoms with E-state index in [1.54, 1.807) is 0 Å². The topological polar surface area (TPSA) is 61.8 Å². The van der Waals surface area contributed by atoms with Crippen LogP contribution in [0, 0.1) is 0 Å². The Balaban J connectivity index is 5.04. The molecule has 0 aromatic rings. The van der Waals surface area contributed by atoms with Crippen molar-refractivity contribution in [2.75, 3.05) is 0 Å². The minimum atomic E-state index is -6.28. The third-order valence-corrected chi connectivity index (χ3v) is 1.78. The number of hydrogen-bond acceptors (Lipinski definition) is 5. The highest BCUT2D eigenvalue weighted by molar-refractivity contribution is 5.77. The lowest BCUT2D eigenvalue weighted by Crippen LogP contribution is -2.47. The molecule has 0 amide bonds. The molecule has 17 heteroatoms. The van der Waals surface area contributed by atoms with E-state index in [1.807, 2.05) is 0 Å².